The maximum Gasteiger partial charge on any atom is 0.0815 e. The molecule has 0 bridgehead atoms. The number of nitrogens with zero attached hydrogens (tertiary/aromatic N) is 3. The van der Waals surface area contributed by atoms with Gasteiger partial charge in [0.05, 0.1) is 28.5 Å². The molecule has 1 aliphatic rings. The van der Waals surface area contributed by atoms with Gasteiger partial charge in [-0.1, -0.05) is 0 Å². The van der Waals surface area contributed by atoms with Gasteiger partial charge in [-0.2, -0.15) is 5.10 Å². The Hall–Kier alpha value is -0.820. The van der Waals surface area contributed by atoms with Crippen LogP contribution in [0.5, 0.6) is 0 Å². The normalized spacial score (nSPS) is 16.9. The Morgan fingerprint density at radius 2 is 2.12 bits per heavy atom. The van der Waals surface area contributed by atoms with E-state index in [-0.39, 0.29) is 0 Å². The minimum absolute atomic E-state index is 0.821. The Kier molecular flexibility index (Phi) is 2.72. The maximum absolute atomic E-state index is 5.36. The Bertz CT molecular complexity index is 505. The van der Waals surface area contributed by atoms with Crippen LogP contribution in [0.15, 0.2) is 24.5 Å². The molecular formula is C11H12IN3O. The van der Waals surface area contributed by atoms with Crippen LogP contribution in [-0.2, 0) is 4.74 Å². The molecule has 0 spiro atoms. The van der Waals surface area contributed by atoms with Crippen LogP contribution >= 0.6 is 22.6 Å². The summed E-state index contributed by atoms with van der Waals surface area (Å²) in [7, 11) is 0. The minimum atomic E-state index is 0.821. The second-order valence-electron chi connectivity index (χ2n) is 3.81. The Morgan fingerprint density at radius 3 is 2.94 bits per heavy atom. The SMILES string of the molecule is Ic1cnn2ccc(N3CCOCC3)cc12. The maximum atomic E-state index is 5.36. The third-order valence-electron chi connectivity index (χ3n) is 2.83. The predicted octanol–water partition coefficient (Wildman–Crippen LogP) is 1.78. The standard InChI is InChI=1S/C11H12IN3O/c12-10-8-13-15-2-1-9(7-11(10)15)14-3-5-16-6-4-14/h1-2,7-8H,3-6H2. The number of morpholine rings is 1. The summed E-state index contributed by atoms with van der Waals surface area (Å²) in [6.45, 7) is 3.59. The summed E-state index contributed by atoms with van der Waals surface area (Å²) in [5.74, 6) is 0. The molecule has 1 aliphatic heterocycles. The number of fused-ring (bicyclic) bond motifs is 1. The largest absolute Gasteiger partial charge is 0.378 e. The van der Waals surface area contributed by atoms with Crippen molar-refractivity contribution >= 4 is 33.8 Å². The predicted molar refractivity (Wildman–Crippen MR) is 70.9 cm³/mol. The van der Waals surface area contributed by atoms with Crippen molar-refractivity contribution in [1.29, 1.82) is 0 Å². The second kappa shape index (κ2) is 4.21. The van der Waals surface area contributed by atoms with E-state index in [1.165, 1.54) is 14.8 Å². The van der Waals surface area contributed by atoms with Crippen LogP contribution in [0.25, 0.3) is 5.52 Å². The van der Waals surface area contributed by atoms with Gasteiger partial charge in [-0.25, -0.2) is 4.52 Å². The molecule has 84 valence electrons. The summed E-state index contributed by atoms with van der Waals surface area (Å²) >= 11 is 2.31. The Labute approximate surface area is 107 Å². The van der Waals surface area contributed by atoms with Crippen LogP contribution in [0.3, 0.4) is 0 Å². The van der Waals surface area contributed by atoms with Gasteiger partial charge in [0, 0.05) is 25.0 Å². The van der Waals surface area contributed by atoms with Crippen LogP contribution in [0.1, 0.15) is 0 Å². The highest BCUT2D eigenvalue weighted by Crippen LogP contribution is 2.21. The van der Waals surface area contributed by atoms with Gasteiger partial charge in [-0.15, -0.1) is 0 Å². The molecule has 1 fully saturated rings. The molecule has 0 saturated carbocycles. The summed E-state index contributed by atoms with van der Waals surface area (Å²) in [6.07, 6.45) is 3.90. The highest BCUT2D eigenvalue weighted by Gasteiger charge is 2.12. The van der Waals surface area contributed by atoms with Gasteiger partial charge in [0.15, 0.2) is 0 Å². The molecule has 0 atom stereocenters. The fraction of sp³-hybridized carbons (Fsp3) is 0.364. The molecule has 0 unspecified atom stereocenters. The molecule has 2 aromatic heterocycles. The monoisotopic (exact) mass is 329 g/mol. The van der Waals surface area contributed by atoms with Crippen LogP contribution in [-0.4, -0.2) is 35.9 Å². The van der Waals surface area contributed by atoms with Crippen molar-refractivity contribution in [2.45, 2.75) is 0 Å². The van der Waals surface area contributed by atoms with Crippen LogP contribution in [0, 0.1) is 3.57 Å². The number of hydrogen-bond donors (Lipinski definition) is 0. The number of halogens is 1. The topological polar surface area (TPSA) is 29.8 Å². The van der Waals surface area contributed by atoms with Crippen molar-refractivity contribution < 1.29 is 4.74 Å². The molecule has 0 aromatic carbocycles. The zero-order chi connectivity index (χ0) is 11.0. The van der Waals surface area contributed by atoms with Crippen molar-refractivity contribution in [3.8, 4) is 0 Å². The summed E-state index contributed by atoms with van der Waals surface area (Å²) < 4.78 is 8.45. The lowest BCUT2D eigenvalue weighted by atomic mass is 10.3. The third-order valence-corrected chi connectivity index (χ3v) is 3.67. The number of hydrogen-bond acceptors (Lipinski definition) is 3. The van der Waals surface area contributed by atoms with Crippen molar-refractivity contribution in [2.75, 3.05) is 31.2 Å². The van der Waals surface area contributed by atoms with Crippen molar-refractivity contribution in [1.82, 2.24) is 9.61 Å². The lowest BCUT2D eigenvalue weighted by Crippen LogP contribution is -2.36. The first-order valence-corrected chi connectivity index (χ1v) is 6.38. The number of rotatable bonds is 1. The number of aromatic nitrogens is 2. The number of ether oxygens (including phenoxy) is 1. The highest BCUT2D eigenvalue weighted by atomic mass is 127. The first-order chi connectivity index (χ1) is 7.84. The van der Waals surface area contributed by atoms with E-state index in [9.17, 15) is 0 Å². The Balaban J connectivity index is 1.99. The summed E-state index contributed by atoms with van der Waals surface area (Å²) in [6, 6.07) is 4.31. The summed E-state index contributed by atoms with van der Waals surface area (Å²) in [5.41, 5.74) is 2.43. The van der Waals surface area contributed by atoms with Crippen molar-refractivity contribution in [2.24, 2.45) is 0 Å². The number of pyridine rings is 1. The molecule has 2 aromatic rings. The van der Waals surface area contributed by atoms with E-state index >= 15 is 0 Å². The van der Waals surface area contributed by atoms with Crippen LogP contribution in [0.4, 0.5) is 5.69 Å². The fourth-order valence-corrected chi connectivity index (χ4v) is 2.49. The summed E-state index contributed by atoms with van der Waals surface area (Å²) in [4.78, 5) is 2.35. The third kappa shape index (κ3) is 1.78. The van der Waals surface area contributed by atoms with E-state index in [1.54, 1.807) is 0 Å². The van der Waals surface area contributed by atoms with E-state index in [0.717, 1.165) is 26.3 Å². The van der Waals surface area contributed by atoms with Gasteiger partial charge in [-0.3, -0.25) is 0 Å². The highest BCUT2D eigenvalue weighted by molar-refractivity contribution is 14.1. The quantitative estimate of drug-likeness (QED) is 0.747. The molecule has 1 saturated heterocycles. The van der Waals surface area contributed by atoms with Gasteiger partial charge in [0.2, 0.25) is 0 Å². The van der Waals surface area contributed by atoms with Gasteiger partial charge in [0.1, 0.15) is 0 Å². The van der Waals surface area contributed by atoms with Gasteiger partial charge >= 0.3 is 0 Å². The second-order valence-corrected chi connectivity index (χ2v) is 4.97. The first kappa shape index (κ1) is 10.3. The molecule has 0 aliphatic carbocycles. The minimum Gasteiger partial charge on any atom is -0.378 e. The van der Waals surface area contributed by atoms with Crippen molar-refractivity contribution in [3.63, 3.8) is 0 Å². The lowest BCUT2D eigenvalue weighted by Gasteiger charge is -2.28. The Morgan fingerprint density at radius 1 is 1.31 bits per heavy atom. The van der Waals surface area contributed by atoms with Gasteiger partial charge in [0.25, 0.3) is 0 Å². The molecule has 0 radical (unpaired) electrons. The zero-order valence-electron chi connectivity index (χ0n) is 8.77. The molecule has 5 heteroatoms. The molecule has 3 rings (SSSR count). The van der Waals surface area contributed by atoms with E-state index in [2.05, 4.69) is 44.7 Å². The molecule has 4 nitrogen and oxygen atoms in total. The van der Waals surface area contributed by atoms with E-state index in [4.69, 9.17) is 4.74 Å². The van der Waals surface area contributed by atoms with E-state index in [0.29, 0.717) is 0 Å². The van der Waals surface area contributed by atoms with E-state index < -0.39 is 0 Å². The smallest absolute Gasteiger partial charge is 0.0815 e. The van der Waals surface area contributed by atoms with Crippen LogP contribution < -0.4 is 4.90 Å². The average Bonchev–Trinajstić information content (AvgIpc) is 2.72. The first-order valence-electron chi connectivity index (χ1n) is 5.30. The van der Waals surface area contributed by atoms with Crippen LogP contribution in [0.2, 0.25) is 0 Å². The molecular weight excluding hydrogens is 317 g/mol. The molecule has 0 N–H and O–H groups in total. The zero-order valence-corrected chi connectivity index (χ0v) is 10.9. The molecule has 3 heterocycles. The average molecular weight is 329 g/mol. The molecule has 16 heavy (non-hydrogen) atoms. The lowest BCUT2D eigenvalue weighted by molar-refractivity contribution is 0.122. The van der Waals surface area contributed by atoms with Gasteiger partial charge < -0.3 is 9.64 Å². The summed E-state index contributed by atoms with van der Waals surface area (Å²) in [5, 5.41) is 4.27. The number of anilines is 1. The van der Waals surface area contributed by atoms with E-state index in [1.807, 2.05) is 16.9 Å². The molecule has 0 amide bonds. The van der Waals surface area contributed by atoms with Gasteiger partial charge in [-0.05, 0) is 34.7 Å². The van der Waals surface area contributed by atoms with Crippen molar-refractivity contribution in [3.05, 3.63) is 28.1 Å². The fourth-order valence-electron chi connectivity index (χ4n) is 1.96.